The second-order valence-corrected chi connectivity index (χ2v) is 17.3. The number of carbonyl (C=O) groups is 5. The highest BCUT2D eigenvalue weighted by molar-refractivity contribution is 6.15. The quantitative estimate of drug-likeness (QED) is 0.0238. The summed E-state index contributed by atoms with van der Waals surface area (Å²) in [5.74, 6) is -3.86. The van der Waals surface area contributed by atoms with Gasteiger partial charge in [0.1, 0.15) is 12.6 Å². The summed E-state index contributed by atoms with van der Waals surface area (Å²) in [5.41, 5.74) is 14.3. The molecule has 5 rings (SSSR count). The monoisotopic (exact) mass is 956 g/mol. The third-order valence-corrected chi connectivity index (χ3v) is 12.2. The van der Waals surface area contributed by atoms with E-state index in [2.05, 4.69) is 92.6 Å². The summed E-state index contributed by atoms with van der Waals surface area (Å²) in [6.07, 6.45) is 15.8. The van der Waals surface area contributed by atoms with Gasteiger partial charge in [-0.3, -0.25) is 24.0 Å². The molecule has 0 aliphatic heterocycles. The number of methoxy groups -OCH3 is 1. The Bertz CT molecular complexity index is 2040. The van der Waals surface area contributed by atoms with Crippen molar-refractivity contribution < 1.29 is 43.7 Å². The molecule has 0 fully saturated rings. The number of aliphatic carboxylic acids is 2. The van der Waals surface area contributed by atoms with Crippen molar-refractivity contribution in [3.05, 3.63) is 119 Å². The van der Waals surface area contributed by atoms with Crippen LogP contribution in [-0.4, -0.2) is 66.0 Å². The topological polar surface area (TPSA) is 170 Å². The standard InChI is InChI=1S/C25H32O3.C23H26O4.C8H17NO2.CH3Cl/c1-3-5-7-9-23(25(27)28)18-24(26)22-16-14-21(15-17-22)20-12-10-19(11-13-20)8-6-4-2;1-2-3-4-9-16(23(25)26)14-22(24)27-15-21-19-12-7-5-10-17(19)18-11-6-8-13-20(18)21;1-3-4-5-6-7(9)8(10)11-2;1-2/h10-17,23H,3-9,18H2,1-2H3,(H,27,28);5-8,10-13,16,21H,2-4,9,14-15H2,1H3,(H,25,26);7H,3-6,9H2,1-2H3;1H3/t23-;16-;7-;/m110./s1. The molecule has 68 heavy (non-hydrogen) atoms. The first-order valence-electron chi connectivity index (χ1n) is 24.6. The Hall–Kier alpha value is -5.32. The van der Waals surface area contributed by atoms with Gasteiger partial charge in [-0.1, -0.05) is 189 Å². The van der Waals surface area contributed by atoms with E-state index in [1.165, 1.54) is 43.0 Å². The van der Waals surface area contributed by atoms with E-state index < -0.39 is 35.8 Å². The van der Waals surface area contributed by atoms with Gasteiger partial charge in [0.05, 0.1) is 25.4 Å². The fourth-order valence-electron chi connectivity index (χ4n) is 8.10. The van der Waals surface area contributed by atoms with Crippen molar-refractivity contribution in [1.29, 1.82) is 0 Å². The summed E-state index contributed by atoms with van der Waals surface area (Å²) in [6, 6.07) is 32.0. The van der Waals surface area contributed by atoms with E-state index in [0.717, 1.165) is 92.9 Å². The highest BCUT2D eigenvalue weighted by Gasteiger charge is 2.30. The van der Waals surface area contributed by atoms with Crippen LogP contribution in [0.4, 0.5) is 0 Å². The Morgan fingerprint density at radius 1 is 0.588 bits per heavy atom. The van der Waals surface area contributed by atoms with Crippen LogP contribution in [0.1, 0.15) is 163 Å². The molecule has 4 aromatic carbocycles. The highest BCUT2D eigenvalue weighted by Crippen LogP contribution is 2.44. The number of ether oxygens (including phenoxy) is 2. The zero-order chi connectivity index (χ0) is 50.3. The number of carboxylic acids is 2. The number of Topliss-reactive ketones (excluding diaryl/α,β-unsaturated/α-hetero) is 1. The van der Waals surface area contributed by atoms with E-state index >= 15 is 0 Å². The molecule has 0 saturated carbocycles. The van der Waals surface area contributed by atoms with Crippen LogP contribution in [0, 0.1) is 11.8 Å². The first-order valence-corrected chi connectivity index (χ1v) is 25.4. The van der Waals surface area contributed by atoms with Gasteiger partial charge in [0.2, 0.25) is 0 Å². The molecule has 0 heterocycles. The predicted molar refractivity (Wildman–Crippen MR) is 275 cm³/mol. The third-order valence-electron chi connectivity index (χ3n) is 12.2. The molecule has 1 aliphatic carbocycles. The van der Waals surface area contributed by atoms with Gasteiger partial charge in [0.25, 0.3) is 0 Å². The molecule has 0 aromatic heterocycles. The molecule has 4 N–H and O–H groups in total. The summed E-state index contributed by atoms with van der Waals surface area (Å²) >= 11 is 4.64. The average molecular weight is 957 g/mol. The molecule has 0 unspecified atom stereocenters. The molecule has 0 amide bonds. The van der Waals surface area contributed by atoms with E-state index in [0.29, 0.717) is 18.4 Å². The van der Waals surface area contributed by atoms with Crippen LogP contribution in [0.2, 0.25) is 0 Å². The number of benzene rings is 4. The first kappa shape index (κ1) is 58.8. The van der Waals surface area contributed by atoms with Gasteiger partial charge >= 0.3 is 23.9 Å². The fourth-order valence-corrected chi connectivity index (χ4v) is 8.10. The average Bonchev–Trinajstić information content (AvgIpc) is 3.68. The Kier molecular flexibility index (Phi) is 29.4. The highest BCUT2D eigenvalue weighted by atomic mass is 35.5. The third kappa shape index (κ3) is 20.5. The molecule has 0 spiro atoms. The van der Waals surface area contributed by atoms with Gasteiger partial charge < -0.3 is 25.4 Å². The molecular formula is C57H78ClNO9. The maximum Gasteiger partial charge on any atom is 0.322 e. The second-order valence-electron chi connectivity index (χ2n) is 17.3. The Morgan fingerprint density at radius 2 is 1.03 bits per heavy atom. The summed E-state index contributed by atoms with van der Waals surface area (Å²) in [6.45, 7) is 8.71. The molecule has 3 atom stereocenters. The van der Waals surface area contributed by atoms with E-state index in [4.69, 9.17) is 10.5 Å². The van der Waals surface area contributed by atoms with Gasteiger partial charge in [0, 0.05) is 24.3 Å². The summed E-state index contributed by atoms with van der Waals surface area (Å²) in [5, 5.41) is 18.7. The first-order chi connectivity index (χ1) is 32.9. The Morgan fingerprint density at radius 3 is 1.49 bits per heavy atom. The van der Waals surface area contributed by atoms with Gasteiger partial charge in [-0.15, -0.1) is 11.6 Å². The van der Waals surface area contributed by atoms with Crippen molar-refractivity contribution in [1.82, 2.24) is 0 Å². The summed E-state index contributed by atoms with van der Waals surface area (Å²) in [7, 11) is 1.36. The van der Waals surface area contributed by atoms with Crippen LogP contribution in [0.5, 0.6) is 0 Å². The normalized spacial score (nSPS) is 12.5. The molecule has 10 nitrogen and oxygen atoms in total. The van der Waals surface area contributed by atoms with Gasteiger partial charge in [-0.25, -0.2) is 0 Å². The zero-order valence-corrected chi connectivity index (χ0v) is 42.2. The number of alkyl halides is 1. The molecule has 4 aromatic rings. The minimum absolute atomic E-state index is 0.00437. The lowest BCUT2D eigenvalue weighted by Crippen LogP contribution is -2.31. The number of esters is 2. The van der Waals surface area contributed by atoms with Gasteiger partial charge in [-0.05, 0) is 71.0 Å². The number of rotatable bonds is 26. The van der Waals surface area contributed by atoms with Crippen LogP contribution in [-0.2, 0) is 35.1 Å². The second kappa shape index (κ2) is 34.0. The lowest BCUT2D eigenvalue weighted by Gasteiger charge is -2.16. The van der Waals surface area contributed by atoms with Gasteiger partial charge in [-0.2, -0.15) is 0 Å². The fraction of sp³-hybridized carbons (Fsp3) is 0.491. The number of hydrogen-bond donors (Lipinski definition) is 3. The van der Waals surface area contributed by atoms with Crippen molar-refractivity contribution in [3.8, 4) is 22.3 Å². The maximum absolute atomic E-state index is 12.5. The molecule has 1 aliphatic rings. The Labute approximate surface area is 411 Å². The van der Waals surface area contributed by atoms with Crippen LogP contribution in [0.15, 0.2) is 97.1 Å². The number of unbranched alkanes of at least 4 members (excludes halogenated alkanes) is 7. The van der Waals surface area contributed by atoms with Crippen LogP contribution >= 0.6 is 11.6 Å². The SMILES string of the molecule is CCCCC[C@H](CC(=O)OCC1c2ccccc2-c2ccccc21)C(=O)O.CCCCC[C@H](CC(=O)c1ccc(-c2ccc(CCCC)cc2)cc1)C(=O)O.CCCCC[C@H](N)C(=O)OC.CCl. The van der Waals surface area contributed by atoms with E-state index in [9.17, 15) is 34.2 Å². The van der Waals surface area contributed by atoms with Crippen LogP contribution < -0.4 is 5.73 Å². The smallest absolute Gasteiger partial charge is 0.322 e. The van der Waals surface area contributed by atoms with E-state index in [1.54, 1.807) is 0 Å². The minimum atomic E-state index is -0.917. The lowest BCUT2D eigenvalue weighted by molar-refractivity contribution is -0.152. The van der Waals surface area contributed by atoms with Crippen molar-refractivity contribution in [2.24, 2.45) is 17.6 Å². The van der Waals surface area contributed by atoms with Crippen LogP contribution in [0.3, 0.4) is 0 Å². The molecule has 0 bridgehead atoms. The van der Waals surface area contributed by atoms with Crippen LogP contribution in [0.25, 0.3) is 22.3 Å². The number of nitrogens with two attached hydrogens (primary N) is 1. The molecule has 11 heteroatoms. The maximum atomic E-state index is 12.5. The zero-order valence-electron chi connectivity index (χ0n) is 41.5. The molecular weight excluding hydrogens is 878 g/mol. The lowest BCUT2D eigenvalue weighted by atomic mass is 9.92. The molecule has 0 radical (unpaired) electrons. The minimum Gasteiger partial charge on any atom is -0.481 e. The van der Waals surface area contributed by atoms with Crippen molar-refractivity contribution in [2.75, 3.05) is 20.1 Å². The largest absolute Gasteiger partial charge is 0.481 e. The molecule has 0 saturated heterocycles. The van der Waals surface area contributed by atoms with Crippen molar-refractivity contribution >= 4 is 41.3 Å². The molecule has 372 valence electrons. The number of carboxylic acid groups (broad SMARTS) is 2. The Balaban J connectivity index is 0.000000373. The summed E-state index contributed by atoms with van der Waals surface area (Å²) in [4.78, 5) is 58.4. The summed E-state index contributed by atoms with van der Waals surface area (Å²) < 4.78 is 10.0. The number of halogens is 1. The number of carbonyl (C=O) groups excluding carboxylic acids is 3. The number of fused-ring (bicyclic) bond motifs is 3. The number of hydrogen-bond acceptors (Lipinski definition) is 8. The van der Waals surface area contributed by atoms with E-state index in [1.807, 2.05) is 48.5 Å². The van der Waals surface area contributed by atoms with Gasteiger partial charge in [0.15, 0.2) is 5.78 Å². The number of aryl methyl sites for hydroxylation is 1. The predicted octanol–water partition coefficient (Wildman–Crippen LogP) is 13.5. The van der Waals surface area contributed by atoms with Crippen molar-refractivity contribution in [2.45, 2.75) is 149 Å². The van der Waals surface area contributed by atoms with E-state index in [-0.39, 0.29) is 37.1 Å². The number of ketones is 1. The van der Waals surface area contributed by atoms with Crippen molar-refractivity contribution in [3.63, 3.8) is 0 Å².